The lowest BCUT2D eigenvalue weighted by Crippen LogP contribution is -2.46. The van der Waals surface area contributed by atoms with Crippen LogP contribution in [-0.2, 0) is 14.3 Å². The Morgan fingerprint density at radius 2 is 1.94 bits per heavy atom. The second-order valence-electron chi connectivity index (χ2n) is 5.31. The number of carbonyl (C=O) groups is 2. The molecule has 0 spiro atoms. The van der Waals surface area contributed by atoms with Crippen LogP contribution in [0.2, 0.25) is 0 Å². The fourth-order valence-corrected chi connectivity index (χ4v) is 2.51. The van der Waals surface area contributed by atoms with Crippen LogP contribution in [-0.4, -0.2) is 25.0 Å². The molecule has 0 heterocycles. The average molecular weight is 255 g/mol. The molecule has 0 aliphatic heterocycles. The van der Waals surface area contributed by atoms with Gasteiger partial charge in [-0.3, -0.25) is 4.79 Å². The Morgan fingerprint density at radius 1 is 1.33 bits per heavy atom. The maximum Gasteiger partial charge on any atom is 0.328 e. The molecule has 1 amide bonds. The summed E-state index contributed by atoms with van der Waals surface area (Å²) >= 11 is 0. The van der Waals surface area contributed by atoms with Gasteiger partial charge in [0.2, 0.25) is 5.91 Å². The molecule has 0 aromatic heterocycles. The van der Waals surface area contributed by atoms with Crippen molar-refractivity contribution in [3.63, 3.8) is 0 Å². The van der Waals surface area contributed by atoms with Gasteiger partial charge in [0, 0.05) is 6.42 Å². The molecule has 0 saturated heterocycles. The van der Waals surface area contributed by atoms with Gasteiger partial charge >= 0.3 is 5.97 Å². The standard InChI is InChI=1S/C14H25NO3/c1-4-10(2)13(14(17)18-3)15-12(16)9-11-7-5-6-8-11/h10-11,13H,4-9H2,1-3H3,(H,15,16)/t10-,13+/m1/s1. The number of hydrogen-bond donors (Lipinski definition) is 1. The average Bonchev–Trinajstić information content (AvgIpc) is 2.86. The summed E-state index contributed by atoms with van der Waals surface area (Å²) in [4.78, 5) is 23.6. The summed E-state index contributed by atoms with van der Waals surface area (Å²) < 4.78 is 4.75. The Balaban J connectivity index is 2.48. The third-order valence-corrected chi connectivity index (χ3v) is 3.93. The van der Waals surface area contributed by atoms with Crippen LogP contribution in [0.3, 0.4) is 0 Å². The smallest absolute Gasteiger partial charge is 0.328 e. The molecule has 1 rings (SSSR count). The summed E-state index contributed by atoms with van der Waals surface area (Å²) in [5.74, 6) is 0.243. The molecule has 0 aromatic carbocycles. The topological polar surface area (TPSA) is 55.4 Å². The lowest BCUT2D eigenvalue weighted by atomic mass is 9.98. The van der Waals surface area contributed by atoms with E-state index in [1.807, 2.05) is 13.8 Å². The van der Waals surface area contributed by atoms with Crippen molar-refractivity contribution in [2.45, 2.75) is 58.4 Å². The van der Waals surface area contributed by atoms with E-state index in [2.05, 4.69) is 5.32 Å². The summed E-state index contributed by atoms with van der Waals surface area (Å²) in [5, 5.41) is 2.83. The first-order chi connectivity index (χ1) is 8.58. The number of rotatable bonds is 6. The van der Waals surface area contributed by atoms with Crippen molar-refractivity contribution in [3.8, 4) is 0 Å². The van der Waals surface area contributed by atoms with Crippen molar-refractivity contribution in [2.75, 3.05) is 7.11 Å². The van der Waals surface area contributed by atoms with Gasteiger partial charge in [0.1, 0.15) is 6.04 Å². The van der Waals surface area contributed by atoms with Gasteiger partial charge < -0.3 is 10.1 Å². The number of amides is 1. The zero-order chi connectivity index (χ0) is 13.5. The minimum absolute atomic E-state index is 0.0161. The van der Waals surface area contributed by atoms with Crippen LogP contribution in [0.5, 0.6) is 0 Å². The van der Waals surface area contributed by atoms with E-state index in [4.69, 9.17) is 4.74 Å². The second-order valence-corrected chi connectivity index (χ2v) is 5.31. The molecule has 18 heavy (non-hydrogen) atoms. The Hall–Kier alpha value is -1.06. The van der Waals surface area contributed by atoms with E-state index in [0.29, 0.717) is 12.3 Å². The van der Waals surface area contributed by atoms with Gasteiger partial charge in [-0.05, 0) is 24.7 Å². The quantitative estimate of drug-likeness (QED) is 0.741. The number of methoxy groups -OCH3 is 1. The van der Waals surface area contributed by atoms with Gasteiger partial charge in [-0.25, -0.2) is 4.79 Å². The van der Waals surface area contributed by atoms with Crippen molar-refractivity contribution in [3.05, 3.63) is 0 Å². The summed E-state index contributed by atoms with van der Waals surface area (Å²) in [6, 6.07) is -0.506. The molecule has 104 valence electrons. The normalized spacial score (nSPS) is 19.3. The van der Waals surface area contributed by atoms with Crippen molar-refractivity contribution >= 4 is 11.9 Å². The lowest BCUT2D eigenvalue weighted by Gasteiger charge is -2.22. The molecule has 1 aliphatic carbocycles. The van der Waals surface area contributed by atoms with Crippen LogP contribution < -0.4 is 5.32 Å². The maximum atomic E-state index is 11.9. The van der Waals surface area contributed by atoms with E-state index in [0.717, 1.165) is 19.3 Å². The van der Waals surface area contributed by atoms with Gasteiger partial charge in [0.15, 0.2) is 0 Å². The van der Waals surface area contributed by atoms with E-state index in [-0.39, 0.29) is 17.8 Å². The molecule has 1 aliphatic rings. The van der Waals surface area contributed by atoms with Gasteiger partial charge in [0.25, 0.3) is 0 Å². The van der Waals surface area contributed by atoms with Crippen LogP contribution in [0.4, 0.5) is 0 Å². The fraction of sp³-hybridized carbons (Fsp3) is 0.857. The van der Waals surface area contributed by atoms with Gasteiger partial charge in [-0.15, -0.1) is 0 Å². The molecule has 2 atom stereocenters. The molecule has 1 N–H and O–H groups in total. The largest absolute Gasteiger partial charge is 0.467 e. The van der Waals surface area contributed by atoms with Crippen LogP contribution in [0.25, 0.3) is 0 Å². The number of hydrogen-bond acceptors (Lipinski definition) is 3. The van der Waals surface area contributed by atoms with E-state index in [1.165, 1.54) is 20.0 Å². The monoisotopic (exact) mass is 255 g/mol. The molecular formula is C14H25NO3. The summed E-state index contributed by atoms with van der Waals surface area (Å²) in [7, 11) is 1.36. The van der Waals surface area contributed by atoms with Crippen LogP contribution in [0, 0.1) is 11.8 Å². The summed E-state index contributed by atoms with van der Waals surface area (Å²) in [6.45, 7) is 3.96. The van der Waals surface area contributed by atoms with Gasteiger partial charge in [-0.1, -0.05) is 33.1 Å². The maximum absolute atomic E-state index is 11.9. The van der Waals surface area contributed by atoms with E-state index in [9.17, 15) is 9.59 Å². The van der Waals surface area contributed by atoms with Crippen LogP contribution >= 0.6 is 0 Å². The van der Waals surface area contributed by atoms with Gasteiger partial charge in [0.05, 0.1) is 7.11 Å². The highest BCUT2D eigenvalue weighted by atomic mass is 16.5. The first-order valence-electron chi connectivity index (χ1n) is 6.95. The third-order valence-electron chi connectivity index (χ3n) is 3.93. The predicted octanol–water partition coefficient (Wildman–Crippen LogP) is 2.27. The molecule has 0 radical (unpaired) electrons. The SMILES string of the molecule is CC[C@@H](C)[C@H](NC(=O)CC1CCCC1)C(=O)OC. The highest BCUT2D eigenvalue weighted by molar-refractivity contribution is 5.84. The van der Waals surface area contributed by atoms with Gasteiger partial charge in [-0.2, -0.15) is 0 Å². The first-order valence-corrected chi connectivity index (χ1v) is 6.95. The Morgan fingerprint density at radius 3 is 2.44 bits per heavy atom. The Kier molecular flexibility index (Phi) is 6.16. The first kappa shape index (κ1) is 15.0. The van der Waals surface area contributed by atoms with E-state index < -0.39 is 6.04 Å². The highest BCUT2D eigenvalue weighted by Gasteiger charge is 2.28. The third kappa shape index (κ3) is 4.31. The van der Waals surface area contributed by atoms with E-state index in [1.54, 1.807) is 0 Å². The van der Waals surface area contributed by atoms with Crippen molar-refractivity contribution in [1.29, 1.82) is 0 Å². The zero-order valence-corrected chi connectivity index (χ0v) is 11.7. The lowest BCUT2D eigenvalue weighted by molar-refractivity contribution is -0.146. The Labute approximate surface area is 109 Å². The predicted molar refractivity (Wildman–Crippen MR) is 70.0 cm³/mol. The van der Waals surface area contributed by atoms with Crippen molar-refractivity contribution < 1.29 is 14.3 Å². The second kappa shape index (κ2) is 7.39. The fourth-order valence-electron chi connectivity index (χ4n) is 2.51. The zero-order valence-electron chi connectivity index (χ0n) is 11.7. The number of nitrogens with one attached hydrogen (secondary N) is 1. The molecular weight excluding hydrogens is 230 g/mol. The minimum atomic E-state index is -0.506. The minimum Gasteiger partial charge on any atom is -0.467 e. The highest BCUT2D eigenvalue weighted by Crippen LogP contribution is 2.27. The van der Waals surface area contributed by atoms with Crippen LogP contribution in [0.1, 0.15) is 52.4 Å². The molecule has 4 nitrogen and oxygen atoms in total. The van der Waals surface area contributed by atoms with E-state index >= 15 is 0 Å². The Bertz CT molecular complexity index is 285. The number of esters is 1. The molecule has 0 aromatic rings. The molecule has 4 heteroatoms. The van der Waals surface area contributed by atoms with Crippen molar-refractivity contribution in [1.82, 2.24) is 5.32 Å². The van der Waals surface area contributed by atoms with Crippen molar-refractivity contribution in [2.24, 2.45) is 11.8 Å². The number of ether oxygens (including phenoxy) is 1. The molecule has 0 unspecified atom stereocenters. The number of carbonyl (C=O) groups excluding carboxylic acids is 2. The summed E-state index contributed by atoms with van der Waals surface area (Å²) in [5.41, 5.74) is 0. The molecule has 1 fully saturated rings. The summed E-state index contributed by atoms with van der Waals surface area (Å²) in [6.07, 6.45) is 6.11. The van der Waals surface area contributed by atoms with Crippen LogP contribution in [0.15, 0.2) is 0 Å². The molecule has 0 bridgehead atoms. The molecule has 1 saturated carbocycles.